The Kier molecular flexibility index (Phi) is 7.64. The molecule has 1 aromatic carbocycles. The van der Waals surface area contributed by atoms with Gasteiger partial charge in [-0.15, -0.1) is 0 Å². The average molecular weight is 436 g/mol. The zero-order chi connectivity index (χ0) is 23.3. The van der Waals surface area contributed by atoms with E-state index in [1.807, 2.05) is 20.2 Å². The second kappa shape index (κ2) is 10.4. The largest absolute Gasteiger partial charge is 0.383 e. The Morgan fingerprint density at radius 1 is 1.16 bits per heavy atom. The number of rotatable bonds is 5. The summed E-state index contributed by atoms with van der Waals surface area (Å²) in [6.07, 6.45) is 9.18. The van der Waals surface area contributed by atoms with E-state index in [0.29, 0.717) is 6.10 Å². The first-order valence-corrected chi connectivity index (χ1v) is 11.0. The van der Waals surface area contributed by atoms with Crippen LogP contribution in [0.2, 0.25) is 0 Å². The van der Waals surface area contributed by atoms with Crippen LogP contribution in [0.25, 0.3) is 11.1 Å². The highest BCUT2D eigenvalue weighted by molar-refractivity contribution is 5.98. The SMILES string of the molecule is Cc1ccc(COC2CCCC2)cc1C.Cc1nn(C)cc1-c1cnc(N)c(C(N)=O)c1. The van der Waals surface area contributed by atoms with Crippen molar-refractivity contribution in [1.29, 1.82) is 0 Å². The van der Waals surface area contributed by atoms with Crippen molar-refractivity contribution in [3.05, 3.63) is 64.6 Å². The van der Waals surface area contributed by atoms with Gasteiger partial charge >= 0.3 is 0 Å². The number of pyridine rings is 1. The van der Waals surface area contributed by atoms with Crippen molar-refractivity contribution in [2.75, 3.05) is 5.73 Å². The smallest absolute Gasteiger partial charge is 0.252 e. The molecule has 0 bridgehead atoms. The van der Waals surface area contributed by atoms with Crippen LogP contribution in [-0.4, -0.2) is 26.8 Å². The van der Waals surface area contributed by atoms with Crippen molar-refractivity contribution in [3.63, 3.8) is 0 Å². The molecule has 1 fully saturated rings. The molecule has 1 saturated carbocycles. The molecule has 2 heterocycles. The first-order valence-electron chi connectivity index (χ1n) is 11.0. The molecule has 0 atom stereocenters. The van der Waals surface area contributed by atoms with Crippen LogP contribution in [-0.2, 0) is 18.4 Å². The summed E-state index contributed by atoms with van der Waals surface area (Å²) in [5.74, 6) is -0.443. The van der Waals surface area contributed by atoms with Crippen LogP contribution in [0.15, 0.2) is 36.7 Å². The van der Waals surface area contributed by atoms with Gasteiger partial charge in [0, 0.05) is 30.6 Å². The summed E-state index contributed by atoms with van der Waals surface area (Å²) < 4.78 is 7.58. The summed E-state index contributed by atoms with van der Waals surface area (Å²) in [5.41, 5.74) is 17.6. The van der Waals surface area contributed by atoms with Gasteiger partial charge in [-0.05, 0) is 56.4 Å². The summed E-state index contributed by atoms with van der Waals surface area (Å²) >= 11 is 0. The minimum absolute atomic E-state index is 0.141. The molecule has 0 unspecified atom stereocenters. The molecule has 4 rings (SSSR count). The maximum absolute atomic E-state index is 11.2. The molecule has 1 aliphatic carbocycles. The molecule has 170 valence electrons. The fourth-order valence-electron chi connectivity index (χ4n) is 3.87. The number of aromatic nitrogens is 3. The molecular weight excluding hydrogens is 402 g/mol. The van der Waals surface area contributed by atoms with Crippen molar-refractivity contribution in [2.45, 2.75) is 59.2 Å². The lowest BCUT2D eigenvalue weighted by atomic mass is 10.1. The normalized spacial score (nSPS) is 13.6. The number of anilines is 1. The second-order valence-electron chi connectivity index (χ2n) is 8.46. The minimum Gasteiger partial charge on any atom is -0.383 e. The number of carbonyl (C=O) groups is 1. The number of hydrogen-bond acceptors (Lipinski definition) is 5. The molecule has 0 radical (unpaired) electrons. The maximum atomic E-state index is 11.2. The molecule has 2 aromatic heterocycles. The van der Waals surface area contributed by atoms with E-state index < -0.39 is 5.91 Å². The fraction of sp³-hybridized carbons (Fsp3) is 0.400. The topological polar surface area (TPSA) is 109 Å². The molecule has 7 heteroatoms. The number of carbonyl (C=O) groups excluding carboxylic acids is 1. The number of nitrogens with zero attached hydrogens (tertiary/aromatic N) is 3. The molecule has 0 saturated heterocycles. The number of nitrogens with two attached hydrogens (primary N) is 2. The van der Waals surface area contributed by atoms with Crippen molar-refractivity contribution in [3.8, 4) is 11.1 Å². The van der Waals surface area contributed by atoms with Gasteiger partial charge in [0.1, 0.15) is 5.82 Å². The highest BCUT2D eigenvalue weighted by Gasteiger charge is 2.15. The molecule has 1 amide bonds. The monoisotopic (exact) mass is 435 g/mol. The summed E-state index contributed by atoms with van der Waals surface area (Å²) in [5, 5.41) is 4.23. The predicted octanol–water partition coefficient (Wildman–Crippen LogP) is 4.23. The quantitative estimate of drug-likeness (QED) is 0.623. The van der Waals surface area contributed by atoms with Gasteiger partial charge in [-0.1, -0.05) is 31.0 Å². The van der Waals surface area contributed by atoms with E-state index in [9.17, 15) is 4.79 Å². The second-order valence-corrected chi connectivity index (χ2v) is 8.46. The van der Waals surface area contributed by atoms with Crippen LogP contribution in [0.4, 0.5) is 5.82 Å². The summed E-state index contributed by atoms with van der Waals surface area (Å²) in [6.45, 7) is 6.98. The van der Waals surface area contributed by atoms with Crippen LogP contribution in [0, 0.1) is 20.8 Å². The van der Waals surface area contributed by atoms with Gasteiger partial charge in [0.25, 0.3) is 5.91 Å². The lowest BCUT2D eigenvalue weighted by molar-refractivity contribution is 0.0456. The number of hydrogen-bond donors (Lipinski definition) is 2. The molecular formula is C25H33N5O2. The highest BCUT2D eigenvalue weighted by atomic mass is 16.5. The third-order valence-electron chi connectivity index (χ3n) is 5.87. The lowest BCUT2D eigenvalue weighted by Crippen LogP contribution is -2.14. The standard InChI is InChI=1S/C14H20O.C11H13N5O/c1-11-7-8-13(9-12(11)2)10-15-14-5-3-4-6-14;1-6-9(5-16(2)15-6)7-3-8(11(13)17)10(12)14-4-7/h7-9,14H,3-6,10H2,1-2H3;3-5H,1-2H3,(H2,12,14)(H2,13,17). The summed E-state index contributed by atoms with van der Waals surface area (Å²) in [6, 6.07) is 8.24. The summed E-state index contributed by atoms with van der Waals surface area (Å²) in [7, 11) is 1.83. The van der Waals surface area contributed by atoms with Gasteiger partial charge in [-0.25, -0.2) is 4.98 Å². The minimum atomic E-state index is -0.585. The van der Waals surface area contributed by atoms with E-state index in [2.05, 4.69) is 42.1 Å². The number of aryl methyl sites for hydroxylation is 4. The van der Waals surface area contributed by atoms with Crippen LogP contribution < -0.4 is 11.5 Å². The summed E-state index contributed by atoms with van der Waals surface area (Å²) in [4.78, 5) is 15.1. The highest BCUT2D eigenvalue weighted by Crippen LogP contribution is 2.24. The molecule has 0 aliphatic heterocycles. The Morgan fingerprint density at radius 3 is 2.47 bits per heavy atom. The Hall–Kier alpha value is -3.19. The van der Waals surface area contributed by atoms with E-state index in [-0.39, 0.29) is 11.4 Å². The third kappa shape index (κ3) is 5.95. The van der Waals surface area contributed by atoms with Crippen LogP contribution in [0.5, 0.6) is 0 Å². The zero-order valence-corrected chi connectivity index (χ0v) is 19.4. The van der Waals surface area contributed by atoms with Crippen molar-refractivity contribution < 1.29 is 9.53 Å². The predicted molar refractivity (Wildman–Crippen MR) is 127 cm³/mol. The zero-order valence-electron chi connectivity index (χ0n) is 19.4. The number of amides is 1. The van der Waals surface area contributed by atoms with Gasteiger partial charge in [0.05, 0.1) is 24.0 Å². The Labute approximate surface area is 189 Å². The van der Waals surface area contributed by atoms with Crippen molar-refractivity contribution >= 4 is 11.7 Å². The van der Waals surface area contributed by atoms with Crippen LogP contribution in [0.1, 0.15) is 58.4 Å². The number of nitrogen functional groups attached to an aromatic ring is 1. The molecule has 1 aliphatic rings. The molecule has 4 N–H and O–H groups in total. The van der Waals surface area contributed by atoms with Gasteiger partial charge in [-0.2, -0.15) is 5.10 Å². The van der Waals surface area contributed by atoms with Gasteiger partial charge < -0.3 is 16.2 Å². The van der Waals surface area contributed by atoms with Gasteiger partial charge in [0.2, 0.25) is 0 Å². The first kappa shape index (κ1) is 23.5. The Morgan fingerprint density at radius 2 is 1.88 bits per heavy atom. The van der Waals surface area contributed by atoms with E-state index in [1.54, 1.807) is 16.9 Å². The number of primary amides is 1. The van der Waals surface area contributed by atoms with Gasteiger partial charge in [0.15, 0.2) is 0 Å². The van der Waals surface area contributed by atoms with E-state index >= 15 is 0 Å². The van der Waals surface area contributed by atoms with E-state index in [0.717, 1.165) is 23.4 Å². The van der Waals surface area contributed by atoms with E-state index in [4.69, 9.17) is 16.2 Å². The molecule has 32 heavy (non-hydrogen) atoms. The van der Waals surface area contributed by atoms with Crippen molar-refractivity contribution in [1.82, 2.24) is 14.8 Å². The number of benzene rings is 1. The average Bonchev–Trinajstić information content (AvgIpc) is 3.39. The van der Waals surface area contributed by atoms with Gasteiger partial charge in [-0.3, -0.25) is 9.48 Å². The fourth-order valence-corrected chi connectivity index (χ4v) is 3.87. The van der Waals surface area contributed by atoms with Crippen LogP contribution >= 0.6 is 0 Å². The number of ether oxygens (including phenoxy) is 1. The first-order chi connectivity index (χ1) is 15.2. The third-order valence-corrected chi connectivity index (χ3v) is 5.87. The van der Waals surface area contributed by atoms with E-state index in [1.165, 1.54) is 42.4 Å². The molecule has 7 nitrogen and oxygen atoms in total. The van der Waals surface area contributed by atoms with Crippen LogP contribution in [0.3, 0.4) is 0 Å². The molecule has 0 spiro atoms. The maximum Gasteiger partial charge on any atom is 0.252 e. The lowest BCUT2D eigenvalue weighted by Gasteiger charge is -2.11. The molecule has 3 aromatic rings. The van der Waals surface area contributed by atoms with Crippen molar-refractivity contribution in [2.24, 2.45) is 12.8 Å². The Bertz CT molecular complexity index is 1080. The Balaban J connectivity index is 0.000000182.